The van der Waals surface area contributed by atoms with Crippen LogP contribution in [0.4, 0.5) is 0 Å². The Balaban J connectivity index is 0.00000529. The smallest absolute Gasteiger partial charge is 0.191 e. The average Bonchev–Trinajstić information content (AvgIpc) is 2.55. The Morgan fingerprint density at radius 1 is 1.29 bits per heavy atom. The lowest BCUT2D eigenvalue weighted by Gasteiger charge is -2.32. The van der Waals surface area contributed by atoms with Gasteiger partial charge in [0.25, 0.3) is 0 Å². The fourth-order valence-corrected chi connectivity index (χ4v) is 2.83. The molecule has 142 valence electrons. The third-order valence-electron chi connectivity index (χ3n) is 4.30. The molecular weight excluding hydrogens is 413 g/mol. The predicted molar refractivity (Wildman–Crippen MR) is 117 cm³/mol. The summed E-state index contributed by atoms with van der Waals surface area (Å²) < 4.78 is 0. The molecule has 0 unspecified atom stereocenters. The molecule has 0 aliphatic carbocycles. The first kappa shape index (κ1) is 23.7. The molecule has 5 nitrogen and oxygen atoms in total. The minimum absolute atomic E-state index is 0. The summed E-state index contributed by atoms with van der Waals surface area (Å²) in [7, 11) is 2.18. The van der Waals surface area contributed by atoms with Gasteiger partial charge in [-0.15, -0.1) is 30.6 Å². The largest absolute Gasteiger partial charge is 0.357 e. The number of rotatable bonds is 10. The van der Waals surface area contributed by atoms with Gasteiger partial charge in [-0.25, -0.2) is 0 Å². The maximum atomic E-state index is 4.73. The average molecular weight is 451 g/mol. The molecule has 0 aromatic carbocycles. The number of unbranched alkanes of at least 4 members (excludes halogenated alkanes) is 1. The van der Waals surface area contributed by atoms with Crippen molar-refractivity contribution in [3.63, 3.8) is 0 Å². The quantitative estimate of drug-likeness (QED) is 0.232. The molecule has 1 aliphatic rings. The zero-order chi connectivity index (χ0) is 16.9. The molecule has 0 radical (unpaired) electrons. The third-order valence-corrected chi connectivity index (χ3v) is 4.30. The number of hydrogen-bond acceptors (Lipinski definition) is 3. The van der Waals surface area contributed by atoms with E-state index in [0.29, 0.717) is 6.04 Å². The first-order chi connectivity index (χ1) is 11.2. The summed E-state index contributed by atoms with van der Waals surface area (Å²) in [5.74, 6) is 0.971. The molecule has 6 heteroatoms. The van der Waals surface area contributed by atoms with Gasteiger partial charge >= 0.3 is 0 Å². The summed E-state index contributed by atoms with van der Waals surface area (Å²) >= 11 is 0. The van der Waals surface area contributed by atoms with Gasteiger partial charge < -0.3 is 15.5 Å². The van der Waals surface area contributed by atoms with Crippen LogP contribution < -0.4 is 10.6 Å². The standard InChI is InChI=1S/C18H37N5.HI/c1-5-8-13-22(4)16-11-20-18(19-7-3)21-17-9-14-23(12-6-2)15-10-17;/h6,17H,2,5,7-16H2,1,3-4H3,(H2,19,20,21);1H. The van der Waals surface area contributed by atoms with Crippen LogP contribution in [0.2, 0.25) is 0 Å². The number of piperidine rings is 1. The van der Waals surface area contributed by atoms with Crippen molar-refractivity contribution < 1.29 is 0 Å². The van der Waals surface area contributed by atoms with Crippen molar-refractivity contribution in [2.75, 3.05) is 52.9 Å². The molecule has 24 heavy (non-hydrogen) atoms. The maximum Gasteiger partial charge on any atom is 0.191 e. The van der Waals surface area contributed by atoms with E-state index in [1.807, 2.05) is 6.08 Å². The second-order valence-electron chi connectivity index (χ2n) is 6.43. The summed E-state index contributed by atoms with van der Waals surface area (Å²) in [5.41, 5.74) is 0. The van der Waals surface area contributed by atoms with E-state index in [1.54, 1.807) is 0 Å². The second-order valence-corrected chi connectivity index (χ2v) is 6.43. The van der Waals surface area contributed by atoms with Crippen LogP contribution in [0.15, 0.2) is 17.6 Å². The molecule has 0 spiro atoms. The van der Waals surface area contributed by atoms with Crippen molar-refractivity contribution in [3.8, 4) is 0 Å². The van der Waals surface area contributed by atoms with E-state index in [1.165, 1.54) is 25.7 Å². The molecule has 0 bridgehead atoms. The number of guanidine groups is 1. The molecule has 0 atom stereocenters. The van der Waals surface area contributed by atoms with Gasteiger partial charge in [0.2, 0.25) is 0 Å². The molecule has 1 aliphatic heterocycles. The molecule has 1 heterocycles. The first-order valence-corrected chi connectivity index (χ1v) is 9.26. The van der Waals surface area contributed by atoms with Crippen molar-refractivity contribution >= 4 is 29.9 Å². The lowest BCUT2D eigenvalue weighted by Crippen LogP contribution is -2.48. The summed E-state index contributed by atoms with van der Waals surface area (Å²) in [4.78, 5) is 9.56. The van der Waals surface area contributed by atoms with Crippen LogP contribution in [0.3, 0.4) is 0 Å². The van der Waals surface area contributed by atoms with Crippen LogP contribution in [0.25, 0.3) is 0 Å². The second kappa shape index (κ2) is 15.0. The van der Waals surface area contributed by atoms with Gasteiger partial charge in [-0.2, -0.15) is 0 Å². The van der Waals surface area contributed by atoms with Gasteiger partial charge in [-0.3, -0.25) is 9.89 Å². The summed E-state index contributed by atoms with van der Waals surface area (Å²) in [6, 6.07) is 0.534. The highest BCUT2D eigenvalue weighted by molar-refractivity contribution is 14.0. The lowest BCUT2D eigenvalue weighted by molar-refractivity contribution is 0.225. The summed E-state index contributed by atoms with van der Waals surface area (Å²) in [6.07, 6.45) is 6.86. The van der Waals surface area contributed by atoms with E-state index in [-0.39, 0.29) is 24.0 Å². The van der Waals surface area contributed by atoms with Crippen LogP contribution in [0, 0.1) is 0 Å². The first-order valence-electron chi connectivity index (χ1n) is 9.26. The van der Waals surface area contributed by atoms with Crippen molar-refractivity contribution in [2.24, 2.45) is 4.99 Å². The number of aliphatic imine (C=N–C) groups is 1. The monoisotopic (exact) mass is 451 g/mol. The van der Waals surface area contributed by atoms with E-state index in [4.69, 9.17) is 4.99 Å². The Hall–Kier alpha value is -0.340. The van der Waals surface area contributed by atoms with Crippen LogP contribution >= 0.6 is 24.0 Å². The highest BCUT2D eigenvalue weighted by Crippen LogP contribution is 2.09. The van der Waals surface area contributed by atoms with E-state index in [2.05, 4.69) is 47.9 Å². The number of hydrogen-bond donors (Lipinski definition) is 2. The van der Waals surface area contributed by atoms with Gasteiger partial charge in [-0.05, 0) is 39.8 Å². The molecule has 1 rings (SSSR count). The van der Waals surface area contributed by atoms with E-state index in [0.717, 1.165) is 51.8 Å². The van der Waals surface area contributed by atoms with Crippen LogP contribution in [0.1, 0.15) is 39.5 Å². The third kappa shape index (κ3) is 10.5. The molecule has 2 N–H and O–H groups in total. The van der Waals surface area contributed by atoms with Crippen molar-refractivity contribution in [3.05, 3.63) is 12.7 Å². The molecule has 0 aromatic heterocycles. The highest BCUT2D eigenvalue weighted by Gasteiger charge is 2.18. The number of halogens is 1. The molecule has 0 saturated carbocycles. The fraction of sp³-hybridized carbons (Fsp3) is 0.833. The maximum absolute atomic E-state index is 4.73. The Kier molecular flexibility index (Phi) is 14.7. The van der Waals surface area contributed by atoms with Crippen molar-refractivity contribution in [1.29, 1.82) is 0 Å². The van der Waals surface area contributed by atoms with Crippen molar-refractivity contribution in [1.82, 2.24) is 20.4 Å². The Bertz CT molecular complexity index is 340. The van der Waals surface area contributed by atoms with Crippen LogP contribution in [0.5, 0.6) is 0 Å². The van der Waals surface area contributed by atoms with Gasteiger partial charge in [-0.1, -0.05) is 19.4 Å². The van der Waals surface area contributed by atoms with E-state index < -0.39 is 0 Å². The lowest BCUT2D eigenvalue weighted by atomic mass is 10.1. The summed E-state index contributed by atoms with van der Waals surface area (Å²) in [5, 5.41) is 6.98. The van der Waals surface area contributed by atoms with Crippen molar-refractivity contribution in [2.45, 2.75) is 45.6 Å². The SMILES string of the molecule is C=CCN1CCC(NC(=NCCN(C)CCCC)NCC)CC1.I. The molecule has 1 fully saturated rings. The van der Waals surface area contributed by atoms with Crippen LogP contribution in [-0.4, -0.2) is 74.7 Å². The summed E-state index contributed by atoms with van der Waals surface area (Å²) in [6.45, 7) is 15.4. The van der Waals surface area contributed by atoms with E-state index >= 15 is 0 Å². The Morgan fingerprint density at radius 3 is 2.58 bits per heavy atom. The van der Waals surface area contributed by atoms with Gasteiger partial charge in [0.15, 0.2) is 5.96 Å². The zero-order valence-electron chi connectivity index (χ0n) is 15.9. The molecule has 0 aromatic rings. The minimum Gasteiger partial charge on any atom is -0.357 e. The Labute approximate surface area is 166 Å². The van der Waals surface area contributed by atoms with Gasteiger partial charge in [0.05, 0.1) is 6.54 Å². The highest BCUT2D eigenvalue weighted by atomic mass is 127. The zero-order valence-corrected chi connectivity index (χ0v) is 18.2. The fourth-order valence-electron chi connectivity index (χ4n) is 2.83. The van der Waals surface area contributed by atoms with Crippen LogP contribution in [-0.2, 0) is 0 Å². The number of nitrogens with zero attached hydrogens (tertiary/aromatic N) is 3. The Morgan fingerprint density at radius 2 is 2.00 bits per heavy atom. The number of likely N-dealkylation sites (tertiary alicyclic amines) is 1. The molecule has 1 saturated heterocycles. The van der Waals surface area contributed by atoms with Gasteiger partial charge in [0, 0.05) is 38.8 Å². The number of nitrogens with one attached hydrogen (secondary N) is 2. The van der Waals surface area contributed by atoms with Gasteiger partial charge in [0.1, 0.15) is 0 Å². The molecular formula is C18H38IN5. The van der Waals surface area contributed by atoms with E-state index in [9.17, 15) is 0 Å². The predicted octanol–water partition coefficient (Wildman–Crippen LogP) is 2.54. The normalized spacial score (nSPS) is 16.8. The minimum atomic E-state index is 0. The number of likely N-dealkylation sites (N-methyl/N-ethyl adjacent to an activating group) is 1. The molecule has 0 amide bonds. The topological polar surface area (TPSA) is 42.9 Å².